The number of hydrogen-bond acceptors (Lipinski definition) is 4. The van der Waals surface area contributed by atoms with Gasteiger partial charge in [-0.25, -0.2) is 0 Å². The lowest BCUT2D eigenvalue weighted by molar-refractivity contribution is -0.150. The van der Waals surface area contributed by atoms with Gasteiger partial charge in [0.25, 0.3) is 11.8 Å². The number of aryl methyl sites for hydroxylation is 1. The summed E-state index contributed by atoms with van der Waals surface area (Å²) < 4.78 is 5.06. The Morgan fingerprint density at radius 2 is 1.62 bits per heavy atom. The Hall–Kier alpha value is -3.15. The summed E-state index contributed by atoms with van der Waals surface area (Å²) in [4.78, 5) is 35.9. The molecule has 0 saturated carbocycles. The lowest BCUT2D eigenvalue weighted by Gasteiger charge is -2.14. The number of carbonyl (C=O) groups is 3. The molecule has 1 atom stereocenters. The van der Waals surface area contributed by atoms with Crippen LogP contribution in [0.4, 0.5) is 0 Å². The first-order chi connectivity index (χ1) is 12.5. The molecule has 0 bridgehead atoms. The molecule has 6 heteroatoms. The Morgan fingerprint density at radius 3 is 2.23 bits per heavy atom. The number of carbonyl (C=O) groups excluding carboxylic acids is 3. The van der Waals surface area contributed by atoms with Crippen LogP contribution < -0.4 is 10.9 Å². The highest BCUT2D eigenvalue weighted by Crippen LogP contribution is 2.20. The van der Waals surface area contributed by atoms with Crippen molar-refractivity contribution in [3.8, 4) is 0 Å². The van der Waals surface area contributed by atoms with Crippen LogP contribution in [-0.4, -0.2) is 24.4 Å². The largest absolute Gasteiger partial charge is 0.455 e. The van der Waals surface area contributed by atoms with Crippen molar-refractivity contribution in [1.82, 2.24) is 10.9 Å². The zero-order chi connectivity index (χ0) is 18.9. The lowest BCUT2D eigenvalue weighted by Crippen LogP contribution is -2.43. The molecule has 2 N–H and O–H groups in total. The standard InChI is InChI=1S/C20H22N2O4/c1-3-17(15-7-5-4-6-8-15)20(25)26-13-18(23)21-22-19(24)16-11-9-14(2)10-12-16/h4-12,17H,3,13H2,1-2H3,(H,21,23)(H,22,24). The van der Waals surface area contributed by atoms with Crippen molar-refractivity contribution < 1.29 is 19.1 Å². The molecule has 2 aromatic carbocycles. The van der Waals surface area contributed by atoms with Crippen molar-refractivity contribution >= 4 is 17.8 Å². The second-order valence-corrected chi connectivity index (χ2v) is 5.85. The molecular formula is C20H22N2O4. The molecule has 0 aliphatic carbocycles. The Balaban J connectivity index is 1.79. The molecule has 2 rings (SSSR count). The quantitative estimate of drug-likeness (QED) is 0.617. The fourth-order valence-electron chi connectivity index (χ4n) is 2.40. The van der Waals surface area contributed by atoms with E-state index in [9.17, 15) is 14.4 Å². The number of benzene rings is 2. The number of ether oxygens (including phenoxy) is 1. The van der Waals surface area contributed by atoms with Gasteiger partial charge in [-0.05, 0) is 31.0 Å². The Kier molecular flexibility index (Phi) is 6.91. The molecule has 6 nitrogen and oxygen atoms in total. The minimum Gasteiger partial charge on any atom is -0.455 e. The average Bonchev–Trinajstić information content (AvgIpc) is 2.66. The molecular weight excluding hydrogens is 332 g/mol. The predicted molar refractivity (Wildman–Crippen MR) is 97.2 cm³/mol. The molecule has 1 unspecified atom stereocenters. The second-order valence-electron chi connectivity index (χ2n) is 5.85. The van der Waals surface area contributed by atoms with Crippen LogP contribution in [0.3, 0.4) is 0 Å². The molecule has 0 spiro atoms. The van der Waals surface area contributed by atoms with Gasteiger partial charge in [-0.1, -0.05) is 55.0 Å². The van der Waals surface area contributed by atoms with Crippen LogP contribution in [0.25, 0.3) is 0 Å². The molecule has 0 aliphatic heterocycles. The van der Waals surface area contributed by atoms with Crippen LogP contribution in [-0.2, 0) is 14.3 Å². The van der Waals surface area contributed by atoms with E-state index in [1.807, 2.05) is 44.2 Å². The maximum absolute atomic E-state index is 12.2. The molecule has 0 saturated heterocycles. The van der Waals surface area contributed by atoms with E-state index in [0.29, 0.717) is 12.0 Å². The highest BCUT2D eigenvalue weighted by Gasteiger charge is 2.21. The van der Waals surface area contributed by atoms with Crippen LogP contribution in [0.1, 0.15) is 40.7 Å². The van der Waals surface area contributed by atoms with E-state index in [4.69, 9.17) is 4.74 Å². The number of hydrogen-bond donors (Lipinski definition) is 2. The zero-order valence-electron chi connectivity index (χ0n) is 14.8. The van der Waals surface area contributed by atoms with Crippen LogP contribution in [0.15, 0.2) is 54.6 Å². The van der Waals surface area contributed by atoms with Gasteiger partial charge in [0.15, 0.2) is 6.61 Å². The third-order valence-corrected chi connectivity index (χ3v) is 3.87. The topological polar surface area (TPSA) is 84.5 Å². The third-order valence-electron chi connectivity index (χ3n) is 3.87. The van der Waals surface area contributed by atoms with E-state index in [-0.39, 0.29) is 0 Å². The summed E-state index contributed by atoms with van der Waals surface area (Å²) >= 11 is 0. The van der Waals surface area contributed by atoms with Crippen molar-refractivity contribution in [2.45, 2.75) is 26.2 Å². The maximum atomic E-state index is 12.2. The molecule has 0 radical (unpaired) electrons. The number of rotatable bonds is 6. The van der Waals surface area contributed by atoms with Crippen molar-refractivity contribution in [1.29, 1.82) is 0 Å². The normalized spacial score (nSPS) is 11.3. The smallest absolute Gasteiger partial charge is 0.313 e. The highest BCUT2D eigenvalue weighted by atomic mass is 16.5. The number of esters is 1. The SMILES string of the molecule is CCC(C(=O)OCC(=O)NNC(=O)c1ccc(C)cc1)c1ccccc1. The Labute approximate surface area is 152 Å². The van der Waals surface area contributed by atoms with E-state index in [1.165, 1.54) is 0 Å². The zero-order valence-corrected chi connectivity index (χ0v) is 14.8. The monoisotopic (exact) mass is 354 g/mol. The number of amides is 2. The number of hydrazine groups is 1. The molecule has 2 aromatic rings. The Morgan fingerprint density at radius 1 is 0.962 bits per heavy atom. The van der Waals surface area contributed by atoms with Gasteiger partial charge >= 0.3 is 5.97 Å². The van der Waals surface area contributed by atoms with Gasteiger partial charge in [0.1, 0.15) is 0 Å². The summed E-state index contributed by atoms with van der Waals surface area (Å²) in [5.41, 5.74) is 6.81. The summed E-state index contributed by atoms with van der Waals surface area (Å²) in [6.45, 7) is 3.33. The van der Waals surface area contributed by atoms with Crippen molar-refractivity contribution in [2.75, 3.05) is 6.61 Å². The van der Waals surface area contributed by atoms with Crippen molar-refractivity contribution in [2.24, 2.45) is 0 Å². The summed E-state index contributed by atoms with van der Waals surface area (Å²) in [6, 6.07) is 16.2. The average molecular weight is 354 g/mol. The van der Waals surface area contributed by atoms with Gasteiger partial charge in [0.2, 0.25) is 0 Å². The third kappa shape index (κ3) is 5.44. The van der Waals surface area contributed by atoms with Crippen molar-refractivity contribution in [3.05, 3.63) is 71.3 Å². The first-order valence-corrected chi connectivity index (χ1v) is 8.38. The number of nitrogens with one attached hydrogen (secondary N) is 2. The highest BCUT2D eigenvalue weighted by molar-refractivity contribution is 5.95. The van der Waals surface area contributed by atoms with Gasteiger partial charge in [0.05, 0.1) is 5.92 Å². The van der Waals surface area contributed by atoms with Gasteiger partial charge < -0.3 is 4.74 Å². The lowest BCUT2D eigenvalue weighted by atomic mass is 9.97. The Bertz CT molecular complexity index is 757. The van der Waals surface area contributed by atoms with E-state index < -0.39 is 30.3 Å². The van der Waals surface area contributed by atoms with Crippen LogP contribution in [0.5, 0.6) is 0 Å². The van der Waals surface area contributed by atoms with Crippen molar-refractivity contribution in [3.63, 3.8) is 0 Å². The first kappa shape index (κ1) is 19.2. The molecule has 0 aliphatic rings. The van der Waals surface area contributed by atoms with E-state index >= 15 is 0 Å². The van der Waals surface area contributed by atoms with Crippen LogP contribution >= 0.6 is 0 Å². The minimum absolute atomic E-state index is 0.419. The molecule has 0 heterocycles. The van der Waals surface area contributed by atoms with E-state index in [0.717, 1.165) is 11.1 Å². The summed E-state index contributed by atoms with van der Waals surface area (Å²) in [5.74, 6) is -1.95. The molecule has 0 aromatic heterocycles. The van der Waals surface area contributed by atoms with E-state index in [1.54, 1.807) is 24.3 Å². The van der Waals surface area contributed by atoms with Crippen LogP contribution in [0, 0.1) is 6.92 Å². The molecule has 2 amide bonds. The minimum atomic E-state index is -0.610. The van der Waals surface area contributed by atoms with Gasteiger partial charge in [-0.15, -0.1) is 0 Å². The molecule has 0 fully saturated rings. The fourth-order valence-corrected chi connectivity index (χ4v) is 2.40. The van der Waals surface area contributed by atoms with E-state index in [2.05, 4.69) is 10.9 Å². The molecule has 136 valence electrons. The maximum Gasteiger partial charge on any atom is 0.313 e. The fraction of sp³-hybridized carbons (Fsp3) is 0.250. The second kappa shape index (κ2) is 9.36. The molecule has 26 heavy (non-hydrogen) atoms. The van der Waals surface area contributed by atoms with Crippen LogP contribution in [0.2, 0.25) is 0 Å². The van der Waals surface area contributed by atoms with Gasteiger partial charge in [0, 0.05) is 5.56 Å². The first-order valence-electron chi connectivity index (χ1n) is 8.38. The predicted octanol–water partition coefficient (Wildman–Crippen LogP) is 2.49. The summed E-state index contributed by atoms with van der Waals surface area (Å²) in [7, 11) is 0. The summed E-state index contributed by atoms with van der Waals surface area (Å²) in [6.07, 6.45) is 0.564. The van der Waals surface area contributed by atoms with Gasteiger partial charge in [-0.3, -0.25) is 25.2 Å². The van der Waals surface area contributed by atoms with Gasteiger partial charge in [-0.2, -0.15) is 0 Å². The summed E-state index contributed by atoms with van der Waals surface area (Å²) in [5, 5.41) is 0.